The molecule has 5 heteroatoms. The zero-order valence-corrected chi connectivity index (χ0v) is 14.7. The van der Waals surface area contributed by atoms with Crippen molar-refractivity contribution < 1.29 is 9.15 Å². The molecule has 0 saturated carbocycles. The largest absolute Gasteiger partial charge is 0.493 e. The van der Waals surface area contributed by atoms with Crippen LogP contribution in [0, 0.1) is 0 Å². The molecule has 0 fully saturated rings. The van der Waals surface area contributed by atoms with Gasteiger partial charge >= 0.3 is 0 Å². The number of furan rings is 1. The standard InChI is InChI=1S/C20H18N2O2S/c1-23-19-10-14(25-13-2-3-17-12(8-13)4-7-22-17)9-15-16-11-21-6-5-18(16)24-20(15)19/h2-4,7-10,21-22H,5-6,11H2,1H3. The summed E-state index contributed by atoms with van der Waals surface area (Å²) in [5, 5.41) is 5.82. The number of benzene rings is 2. The van der Waals surface area contributed by atoms with E-state index in [9.17, 15) is 0 Å². The highest BCUT2D eigenvalue weighted by Gasteiger charge is 2.20. The third kappa shape index (κ3) is 2.51. The van der Waals surface area contributed by atoms with Gasteiger partial charge in [0.25, 0.3) is 0 Å². The number of aromatic amines is 1. The van der Waals surface area contributed by atoms with E-state index in [2.05, 4.69) is 46.7 Å². The van der Waals surface area contributed by atoms with Crippen molar-refractivity contribution in [2.24, 2.45) is 0 Å². The van der Waals surface area contributed by atoms with Crippen LogP contribution >= 0.6 is 11.8 Å². The van der Waals surface area contributed by atoms with Gasteiger partial charge in [0, 0.05) is 57.4 Å². The Kier molecular flexibility index (Phi) is 3.50. The van der Waals surface area contributed by atoms with Gasteiger partial charge in [0.05, 0.1) is 7.11 Å². The molecule has 4 nitrogen and oxygen atoms in total. The van der Waals surface area contributed by atoms with E-state index in [4.69, 9.17) is 9.15 Å². The van der Waals surface area contributed by atoms with E-state index in [1.54, 1.807) is 18.9 Å². The molecule has 2 N–H and O–H groups in total. The minimum atomic E-state index is 0.803. The summed E-state index contributed by atoms with van der Waals surface area (Å²) < 4.78 is 11.7. The zero-order valence-electron chi connectivity index (χ0n) is 13.9. The molecule has 2 aromatic heterocycles. The Balaban J connectivity index is 1.60. The second kappa shape index (κ2) is 5.86. The highest BCUT2D eigenvalue weighted by molar-refractivity contribution is 7.99. The van der Waals surface area contributed by atoms with E-state index >= 15 is 0 Å². The quantitative estimate of drug-likeness (QED) is 0.561. The third-order valence-corrected chi connectivity index (χ3v) is 5.69. The van der Waals surface area contributed by atoms with Crippen LogP contribution in [0.15, 0.2) is 56.8 Å². The van der Waals surface area contributed by atoms with Gasteiger partial charge in [-0.1, -0.05) is 11.8 Å². The summed E-state index contributed by atoms with van der Waals surface area (Å²) >= 11 is 1.75. The molecule has 1 aliphatic heterocycles. The number of rotatable bonds is 3. The fraction of sp³-hybridized carbons (Fsp3) is 0.200. The number of ether oxygens (including phenoxy) is 1. The van der Waals surface area contributed by atoms with Crippen LogP contribution in [0.2, 0.25) is 0 Å². The lowest BCUT2D eigenvalue weighted by atomic mass is 10.1. The summed E-state index contributed by atoms with van der Waals surface area (Å²) in [6, 6.07) is 12.9. The minimum Gasteiger partial charge on any atom is -0.493 e. The van der Waals surface area contributed by atoms with Gasteiger partial charge < -0.3 is 19.5 Å². The second-order valence-electron chi connectivity index (χ2n) is 6.26. The average molecular weight is 350 g/mol. The Morgan fingerprint density at radius 3 is 3.00 bits per heavy atom. The van der Waals surface area contributed by atoms with Crippen LogP contribution in [0.5, 0.6) is 5.75 Å². The molecule has 3 heterocycles. The fourth-order valence-corrected chi connectivity index (χ4v) is 4.43. The Hall–Kier alpha value is -2.37. The Morgan fingerprint density at radius 2 is 2.08 bits per heavy atom. The lowest BCUT2D eigenvalue weighted by molar-refractivity contribution is 0.405. The Labute approximate surface area is 149 Å². The van der Waals surface area contributed by atoms with Crippen molar-refractivity contribution in [3.63, 3.8) is 0 Å². The summed E-state index contributed by atoms with van der Waals surface area (Å²) in [6.07, 6.45) is 2.90. The molecule has 0 spiro atoms. The summed E-state index contributed by atoms with van der Waals surface area (Å²) in [7, 11) is 1.70. The second-order valence-corrected chi connectivity index (χ2v) is 7.41. The Morgan fingerprint density at radius 1 is 1.12 bits per heavy atom. The number of fused-ring (bicyclic) bond motifs is 4. The predicted octanol–water partition coefficient (Wildman–Crippen LogP) is 4.72. The van der Waals surface area contributed by atoms with Crippen LogP contribution in [0.3, 0.4) is 0 Å². The monoisotopic (exact) mass is 350 g/mol. The van der Waals surface area contributed by atoms with E-state index in [1.807, 2.05) is 6.20 Å². The molecule has 1 aliphatic rings. The highest BCUT2D eigenvalue weighted by atomic mass is 32.2. The number of methoxy groups -OCH3 is 1. The normalized spacial score (nSPS) is 14.1. The van der Waals surface area contributed by atoms with Crippen LogP contribution in [-0.2, 0) is 13.0 Å². The van der Waals surface area contributed by atoms with Crippen LogP contribution in [0.1, 0.15) is 11.3 Å². The molecular weight excluding hydrogens is 332 g/mol. The first kappa shape index (κ1) is 14.9. The minimum absolute atomic E-state index is 0.803. The van der Waals surface area contributed by atoms with E-state index in [-0.39, 0.29) is 0 Å². The summed E-state index contributed by atoms with van der Waals surface area (Å²) in [4.78, 5) is 5.61. The van der Waals surface area contributed by atoms with E-state index < -0.39 is 0 Å². The van der Waals surface area contributed by atoms with Gasteiger partial charge in [-0.05, 0) is 36.4 Å². The van der Waals surface area contributed by atoms with Gasteiger partial charge in [-0.3, -0.25) is 0 Å². The number of H-pyrrole nitrogens is 1. The topological polar surface area (TPSA) is 50.2 Å². The number of aromatic nitrogens is 1. The molecule has 0 atom stereocenters. The zero-order chi connectivity index (χ0) is 16.8. The maximum absolute atomic E-state index is 6.09. The average Bonchev–Trinajstić information content (AvgIpc) is 3.25. The fourth-order valence-electron chi connectivity index (χ4n) is 3.49. The molecule has 5 rings (SSSR count). The smallest absolute Gasteiger partial charge is 0.176 e. The molecule has 0 radical (unpaired) electrons. The lowest BCUT2D eigenvalue weighted by Gasteiger charge is -2.11. The third-order valence-electron chi connectivity index (χ3n) is 4.73. The predicted molar refractivity (Wildman–Crippen MR) is 101 cm³/mol. The van der Waals surface area contributed by atoms with Crippen molar-refractivity contribution in [1.82, 2.24) is 10.3 Å². The van der Waals surface area contributed by atoms with Crippen molar-refractivity contribution in [3.05, 3.63) is 53.9 Å². The first-order valence-corrected chi connectivity index (χ1v) is 9.21. The van der Waals surface area contributed by atoms with Crippen molar-refractivity contribution in [2.75, 3.05) is 13.7 Å². The summed E-state index contributed by atoms with van der Waals surface area (Å²) in [5.74, 6) is 1.89. The molecule has 0 unspecified atom stereocenters. The van der Waals surface area contributed by atoms with E-state index in [0.29, 0.717) is 0 Å². The summed E-state index contributed by atoms with van der Waals surface area (Å²) in [6.45, 7) is 1.82. The van der Waals surface area contributed by atoms with Crippen LogP contribution in [0.4, 0.5) is 0 Å². The molecule has 0 bridgehead atoms. The molecule has 2 aromatic carbocycles. The highest BCUT2D eigenvalue weighted by Crippen LogP contribution is 2.40. The first-order chi connectivity index (χ1) is 12.3. The number of nitrogens with one attached hydrogen (secondary N) is 2. The first-order valence-electron chi connectivity index (χ1n) is 8.40. The SMILES string of the molecule is COc1cc(Sc2ccc3[nH]ccc3c2)cc2c3c(oc12)CCNC3. The lowest BCUT2D eigenvalue weighted by Crippen LogP contribution is -2.22. The van der Waals surface area contributed by atoms with Gasteiger partial charge in [-0.25, -0.2) is 0 Å². The van der Waals surface area contributed by atoms with Crippen molar-refractivity contribution in [3.8, 4) is 5.75 Å². The van der Waals surface area contributed by atoms with Gasteiger partial charge in [0.15, 0.2) is 11.3 Å². The molecule has 0 saturated heterocycles. The van der Waals surface area contributed by atoms with Crippen molar-refractivity contribution in [1.29, 1.82) is 0 Å². The van der Waals surface area contributed by atoms with E-state index in [0.717, 1.165) is 52.4 Å². The molecule has 0 aliphatic carbocycles. The molecular formula is C20H18N2O2S. The number of hydrogen-bond donors (Lipinski definition) is 2. The van der Waals surface area contributed by atoms with Crippen LogP contribution in [0.25, 0.3) is 21.9 Å². The van der Waals surface area contributed by atoms with Gasteiger partial charge in [-0.15, -0.1) is 0 Å². The molecule has 126 valence electrons. The van der Waals surface area contributed by atoms with Crippen molar-refractivity contribution in [2.45, 2.75) is 22.8 Å². The molecule has 25 heavy (non-hydrogen) atoms. The molecule has 0 amide bonds. The van der Waals surface area contributed by atoms with Gasteiger partial charge in [0.2, 0.25) is 0 Å². The number of hydrogen-bond acceptors (Lipinski definition) is 4. The van der Waals surface area contributed by atoms with Crippen LogP contribution < -0.4 is 10.1 Å². The Bertz CT molecular complexity index is 1080. The maximum atomic E-state index is 6.09. The van der Waals surface area contributed by atoms with Crippen molar-refractivity contribution >= 4 is 33.6 Å². The van der Waals surface area contributed by atoms with Gasteiger partial charge in [-0.2, -0.15) is 0 Å². The van der Waals surface area contributed by atoms with E-state index in [1.165, 1.54) is 15.8 Å². The van der Waals surface area contributed by atoms with Crippen LogP contribution in [-0.4, -0.2) is 18.6 Å². The van der Waals surface area contributed by atoms with Gasteiger partial charge in [0.1, 0.15) is 5.76 Å². The molecule has 4 aromatic rings. The summed E-state index contributed by atoms with van der Waals surface area (Å²) in [5.41, 5.74) is 3.29. The maximum Gasteiger partial charge on any atom is 0.176 e.